The number of allylic oxidation sites excluding steroid dienone is 1. The largest absolute Gasteiger partial charge is 0.443 e. The van der Waals surface area contributed by atoms with E-state index in [1.807, 2.05) is 6.08 Å². The van der Waals surface area contributed by atoms with E-state index in [9.17, 15) is 9.59 Å². The lowest BCUT2D eigenvalue weighted by atomic mass is 10.2. The molecule has 0 unspecified atom stereocenters. The maximum atomic E-state index is 12.2. The van der Waals surface area contributed by atoms with Gasteiger partial charge in [0.05, 0.1) is 0 Å². The standard InChI is InChI=1S/C18H33NO4/c1-8-9-10-11-12-13-14-19(15(20)22-17(2,3)4)16(21)23-18(5,6)7/h11-12H,8-10,13-14H2,1-7H3/b12-11-. The van der Waals surface area contributed by atoms with Gasteiger partial charge in [-0.2, -0.15) is 0 Å². The van der Waals surface area contributed by atoms with Crippen molar-refractivity contribution in [3.8, 4) is 0 Å². The molecule has 0 heterocycles. The molecule has 0 N–H and O–H groups in total. The van der Waals surface area contributed by atoms with E-state index >= 15 is 0 Å². The van der Waals surface area contributed by atoms with Crippen molar-refractivity contribution in [2.75, 3.05) is 6.54 Å². The maximum absolute atomic E-state index is 12.2. The zero-order valence-corrected chi connectivity index (χ0v) is 15.8. The highest BCUT2D eigenvalue weighted by Gasteiger charge is 2.30. The summed E-state index contributed by atoms with van der Waals surface area (Å²) in [7, 11) is 0. The Morgan fingerprint density at radius 3 is 1.70 bits per heavy atom. The summed E-state index contributed by atoms with van der Waals surface area (Å²) in [5, 5.41) is 0. The molecule has 0 bridgehead atoms. The predicted octanol–water partition coefficient (Wildman–Crippen LogP) is 5.30. The van der Waals surface area contributed by atoms with Gasteiger partial charge in [0, 0.05) is 6.54 Å². The molecule has 0 aromatic heterocycles. The Morgan fingerprint density at radius 2 is 1.30 bits per heavy atom. The minimum Gasteiger partial charge on any atom is -0.443 e. The Kier molecular flexibility index (Phi) is 8.95. The highest BCUT2D eigenvalue weighted by Crippen LogP contribution is 2.15. The molecule has 0 radical (unpaired) electrons. The number of imide groups is 1. The zero-order chi connectivity index (χ0) is 18.1. The summed E-state index contributed by atoms with van der Waals surface area (Å²) < 4.78 is 10.6. The third-order valence-corrected chi connectivity index (χ3v) is 2.64. The number of nitrogens with zero attached hydrogens (tertiary/aromatic N) is 1. The Labute approximate surface area is 141 Å². The molecule has 5 nitrogen and oxygen atoms in total. The minimum absolute atomic E-state index is 0.243. The van der Waals surface area contributed by atoms with Gasteiger partial charge in [0.25, 0.3) is 0 Å². The van der Waals surface area contributed by atoms with Crippen LogP contribution in [0.1, 0.15) is 74.1 Å². The monoisotopic (exact) mass is 327 g/mol. The summed E-state index contributed by atoms with van der Waals surface area (Å²) >= 11 is 0. The second-order valence-corrected chi connectivity index (χ2v) is 7.51. The van der Waals surface area contributed by atoms with Crippen LogP contribution in [0, 0.1) is 0 Å². The van der Waals surface area contributed by atoms with E-state index in [4.69, 9.17) is 9.47 Å². The summed E-state index contributed by atoms with van der Waals surface area (Å²) in [6, 6.07) is 0. The van der Waals surface area contributed by atoms with Gasteiger partial charge in [0.1, 0.15) is 11.2 Å². The summed E-state index contributed by atoms with van der Waals surface area (Å²) in [4.78, 5) is 25.5. The number of rotatable bonds is 6. The van der Waals surface area contributed by atoms with Gasteiger partial charge in [-0.15, -0.1) is 0 Å². The fraction of sp³-hybridized carbons (Fsp3) is 0.778. The number of hydrogen-bond donors (Lipinski definition) is 0. The molecular weight excluding hydrogens is 294 g/mol. The second kappa shape index (κ2) is 9.58. The smallest absolute Gasteiger partial charge is 0.419 e. The van der Waals surface area contributed by atoms with Crippen LogP contribution in [0.4, 0.5) is 9.59 Å². The summed E-state index contributed by atoms with van der Waals surface area (Å²) in [5.74, 6) is 0. The lowest BCUT2D eigenvalue weighted by molar-refractivity contribution is 0.00182. The van der Waals surface area contributed by atoms with Crippen molar-refractivity contribution in [3.63, 3.8) is 0 Å². The van der Waals surface area contributed by atoms with Gasteiger partial charge in [-0.05, 0) is 54.4 Å². The van der Waals surface area contributed by atoms with E-state index < -0.39 is 23.4 Å². The number of ether oxygens (including phenoxy) is 2. The van der Waals surface area contributed by atoms with E-state index in [2.05, 4.69) is 13.0 Å². The molecule has 0 spiro atoms. The Hall–Kier alpha value is -1.52. The molecule has 134 valence electrons. The molecule has 0 rings (SSSR count). The maximum Gasteiger partial charge on any atom is 0.419 e. The van der Waals surface area contributed by atoms with Crippen molar-refractivity contribution in [3.05, 3.63) is 12.2 Å². The Balaban J connectivity index is 4.76. The van der Waals surface area contributed by atoms with E-state index in [-0.39, 0.29) is 6.54 Å². The Morgan fingerprint density at radius 1 is 0.870 bits per heavy atom. The number of unbranched alkanes of at least 4 members (excludes halogenated alkanes) is 2. The van der Waals surface area contributed by atoms with Gasteiger partial charge in [-0.1, -0.05) is 31.9 Å². The number of hydrogen-bond acceptors (Lipinski definition) is 4. The quantitative estimate of drug-likeness (QED) is 0.491. The van der Waals surface area contributed by atoms with Crippen LogP contribution in [0.3, 0.4) is 0 Å². The first kappa shape index (κ1) is 21.5. The second-order valence-electron chi connectivity index (χ2n) is 7.51. The first-order valence-electron chi connectivity index (χ1n) is 8.35. The van der Waals surface area contributed by atoms with Gasteiger partial charge in [0.15, 0.2) is 0 Å². The molecule has 0 atom stereocenters. The fourth-order valence-electron chi connectivity index (χ4n) is 1.65. The van der Waals surface area contributed by atoms with Crippen LogP contribution < -0.4 is 0 Å². The van der Waals surface area contributed by atoms with E-state index in [0.717, 1.165) is 24.2 Å². The van der Waals surface area contributed by atoms with Crippen molar-refractivity contribution in [1.29, 1.82) is 0 Å². The van der Waals surface area contributed by atoms with Crippen molar-refractivity contribution < 1.29 is 19.1 Å². The molecule has 0 aromatic rings. The molecular formula is C18H33NO4. The van der Waals surface area contributed by atoms with Crippen LogP contribution in [-0.2, 0) is 9.47 Å². The van der Waals surface area contributed by atoms with Gasteiger partial charge in [-0.3, -0.25) is 0 Å². The highest BCUT2D eigenvalue weighted by molar-refractivity contribution is 5.88. The normalized spacial score (nSPS) is 12.3. The first-order valence-corrected chi connectivity index (χ1v) is 8.35. The third kappa shape index (κ3) is 11.7. The average Bonchev–Trinajstić information content (AvgIpc) is 2.33. The van der Waals surface area contributed by atoms with Crippen molar-refractivity contribution in [2.45, 2.75) is 85.4 Å². The SMILES string of the molecule is CCCC/C=C\CCN(C(=O)OC(C)(C)C)C(=O)OC(C)(C)C. The van der Waals surface area contributed by atoms with Gasteiger partial charge >= 0.3 is 12.2 Å². The molecule has 0 aromatic carbocycles. The molecule has 0 aliphatic heterocycles. The van der Waals surface area contributed by atoms with Crippen LogP contribution in [0.2, 0.25) is 0 Å². The molecule has 0 aliphatic carbocycles. The van der Waals surface area contributed by atoms with Gasteiger partial charge in [-0.25, -0.2) is 14.5 Å². The van der Waals surface area contributed by atoms with Gasteiger partial charge in [0.2, 0.25) is 0 Å². The zero-order valence-electron chi connectivity index (χ0n) is 15.8. The first-order chi connectivity index (χ1) is 10.5. The van der Waals surface area contributed by atoms with Crippen LogP contribution in [0.5, 0.6) is 0 Å². The summed E-state index contributed by atoms with van der Waals surface area (Å²) in [6.07, 6.45) is 6.59. The molecule has 0 saturated heterocycles. The molecule has 0 fully saturated rings. The Bertz CT molecular complexity index is 374. The lowest BCUT2D eigenvalue weighted by Crippen LogP contribution is -2.43. The van der Waals surface area contributed by atoms with Crippen molar-refractivity contribution in [1.82, 2.24) is 4.90 Å². The summed E-state index contributed by atoms with van der Waals surface area (Å²) in [6.45, 7) is 13.0. The van der Waals surface area contributed by atoms with E-state index in [1.165, 1.54) is 0 Å². The minimum atomic E-state index is -0.672. The predicted molar refractivity (Wildman–Crippen MR) is 92.5 cm³/mol. The number of carbonyl (C=O) groups is 2. The molecule has 23 heavy (non-hydrogen) atoms. The summed E-state index contributed by atoms with van der Waals surface area (Å²) in [5.41, 5.74) is -1.32. The highest BCUT2D eigenvalue weighted by atomic mass is 16.6. The number of carbonyl (C=O) groups excluding carboxylic acids is 2. The molecule has 0 saturated carbocycles. The van der Waals surface area contributed by atoms with Crippen LogP contribution >= 0.6 is 0 Å². The van der Waals surface area contributed by atoms with Crippen molar-refractivity contribution >= 4 is 12.2 Å². The fourth-order valence-corrected chi connectivity index (χ4v) is 1.65. The molecule has 0 aliphatic rings. The molecule has 5 heteroatoms. The molecule has 2 amide bonds. The number of amides is 2. The van der Waals surface area contributed by atoms with Crippen LogP contribution in [0.15, 0.2) is 12.2 Å². The lowest BCUT2D eigenvalue weighted by Gasteiger charge is -2.28. The topological polar surface area (TPSA) is 55.8 Å². The van der Waals surface area contributed by atoms with E-state index in [0.29, 0.717) is 6.42 Å². The third-order valence-electron chi connectivity index (χ3n) is 2.64. The van der Waals surface area contributed by atoms with Crippen LogP contribution in [-0.4, -0.2) is 34.8 Å². The van der Waals surface area contributed by atoms with Gasteiger partial charge < -0.3 is 9.47 Å². The average molecular weight is 327 g/mol. The van der Waals surface area contributed by atoms with Crippen molar-refractivity contribution in [2.24, 2.45) is 0 Å². The van der Waals surface area contributed by atoms with Crippen LogP contribution in [0.25, 0.3) is 0 Å². The van der Waals surface area contributed by atoms with E-state index in [1.54, 1.807) is 41.5 Å².